The Morgan fingerprint density at radius 3 is 2.84 bits per heavy atom. The molecule has 1 aromatic carbocycles. The van der Waals surface area contributed by atoms with Crippen LogP contribution in [0.25, 0.3) is 11.0 Å². The van der Waals surface area contributed by atoms with E-state index in [1.54, 1.807) is 6.07 Å². The highest BCUT2D eigenvalue weighted by molar-refractivity contribution is 6.34. The summed E-state index contributed by atoms with van der Waals surface area (Å²) in [5.41, 5.74) is 0.683. The standard InChI is InChI=1S/C16H17ClO2/c1-16(2)8-4-6-11(16)14(18)13-9-10-5-3-7-12(17)15(10)19-13/h3,5,7,9,11H,4,6,8H2,1-2H3. The Hall–Kier alpha value is -1.28. The van der Waals surface area contributed by atoms with Gasteiger partial charge in [-0.1, -0.05) is 44.0 Å². The summed E-state index contributed by atoms with van der Waals surface area (Å²) in [6, 6.07) is 7.38. The number of fused-ring (bicyclic) bond motifs is 1. The van der Waals surface area contributed by atoms with E-state index in [1.165, 1.54) is 0 Å². The van der Waals surface area contributed by atoms with Crippen molar-refractivity contribution in [2.75, 3.05) is 0 Å². The molecule has 1 saturated carbocycles. The van der Waals surface area contributed by atoms with E-state index in [-0.39, 0.29) is 17.1 Å². The van der Waals surface area contributed by atoms with E-state index >= 15 is 0 Å². The number of carbonyl (C=O) groups excluding carboxylic acids is 1. The Morgan fingerprint density at radius 2 is 2.21 bits per heavy atom. The number of rotatable bonds is 2. The van der Waals surface area contributed by atoms with Gasteiger partial charge in [0.1, 0.15) is 0 Å². The maximum Gasteiger partial charge on any atom is 0.201 e. The minimum Gasteiger partial charge on any atom is -0.451 e. The Bertz CT molecular complexity index is 639. The number of carbonyl (C=O) groups is 1. The number of halogens is 1. The highest BCUT2D eigenvalue weighted by Crippen LogP contribution is 2.44. The molecule has 0 amide bonds. The molecule has 1 aliphatic carbocycles. The molecule has 0 saturated heterocycles. The van der Waals surface area contributed by atoms with Gasteiger partial charge in [-0.15, -0.1) is 0 Å². The summed E-state index contributed by atoms with van der Waals surface area (Å²) in [7, 11) is 0. The van der Waals surface area contributed by atoms with Crippen LogP contribution in [0.4, 0.5) is 0 Å². The molecule has 1 heterocycles. The number of Topliss-reactive ketones (excluding diaryl/α,β-unsaturated/α-hetero) is 1. The number of hydrogen-bond donors (Lipinski definition) is 0. The Morgan fingerprint density at radius 1 is 1.42 bits per heavy atom. The van der Waals surface area contributed by atoms with E-state index < -0.39 is 0 Å². The zero-order valence-corrected chi connectivity index (χ0v) is 12.0. The van der Waals surface area contributed by atoms with Crippen LogP contribution in [0.2, 0.25) is 5.02 Å². The van der Waals surface area contributed by atoms with E-state index in [2.05, 4.69) is 13.8 Å². The fraction of sp³-hybridized carbons (Fsp3) is 0.438. The highest BCUT2D eigenvalue weighted by Gasteiger charge is 2.40. The summed E-state index contributed by atoms with van der Waals surface area (Å²) in [6.07, 6.45) is 3.17. The highest BCUT2D eigenvalue weighted by atomic mass is 35.5. The third-order valence-electron chi connectivity index (χ3n) is 4.31. The molecule has 1 aliphatic rings. The summed E-state index contributed by atoms with van der Waals surface area (Å²) >= 11 is 6.09. The first-order valence-electron chi connectivity index (χ1n) is 6.71. The van der Waals surface area contributed by atoms with Gasteiger partial charge in [-0.3, -0.25) is 4.79 Å². The van der Waals surface area contributed by atoms with Crippen molar-refractivity contribution in [1.82, 2.24) is 0 Å². The van der Waals surface area contributed by atoms with Crippen LogP contribution in [0.3, 0.4) is 0 Å². The van der Waals surface area contributed by atoms with Crippen molar-refractivity contribution >= 4 is 28.4 Å². The SMILES string of the molecule is CC1(C)CCCC1C(=O)c1cc2cccc(Cl)c2o1. The van der Waals surface area contributed by atoms with Gasteiger partial charge < -0.3 is 4.42 Å². The molecule has 0 radical (unpaired) electrons. The Kier molecular flexibility index (Phi) is 2.94. The molecule has 3 rings (SSSR count). The van der Waals surface area contributed by atoms with E-state index in [9.17, 15) is 4.79 Å². The van der Waals surface area contributed by atoms with E-state index in [1.807, 2.05) is 18.2 Å². The largest absolute Gasteiger partial charge is 0.451 e. The number of ketones is 1. The first-order valence-corrected chi connectivity index (χ1v) is 7.09. The number of hydrogen-bond acceptors (Lipinski definition) is 2. The van der Waals surface area contributed by atoms with Crippen molar-refractivity contribution in [2.45, 2.75) is 33.1 Å². The number of furan rings is 1. The molecule has 1 unspecified atom stereocenters. The quantitative estimate of drug-likeness (QED) is 0.715. The zero-order valence-electron chi connectivity index (χ0n) is 11.2. The van der Waals surface area contributed by atoms with Crippen LogP contribution in [0.15, 0.2) is 28.7 Å². The minimum absolute atomic E-state index is 0.0619. The van der Waals surface area contributed by atoms with Gasteiger partial charge in [0.2, 0.25) is 5.78 Å². The summed E-state index contributed by atoms with van der Waals surface area (Å²) in [5.74, 6) is 0.629. The van der Waals surface area contributed by atoms with Crippen LogP contribution in [-0.2, 0) is 0 Å². The van der Waals surface area contributed by atoms with E-state index in [0.29, 0.717) is 16.4 Å². The summed E-state index contributed by atoms with van der Waals surface area (Å²) in [4.78, 5) is 12.6. The van der Waals surface area contributed by atoms with Crippen LogP contribution < -0.4 is 0 Å². The lowest BCUT2D eigenvalue weighted by Crippen LogP contribution is -2.25. The average molecular weight is 277 g/mol. The van der Waals surface area contributed by atoms with Crippen molar-refractivity contribution in [1.29, 1.82) is 0 Å². The van der Waals surface area contributed by atoms with Crippen molar-refractivity contribution in [3.8, 4) is 0 Å². The van der Waals surface area contributed by atoms with Gasteiger partial charge in [-0.2, -0.15) is 0 Å². The molecular weight excluding hydrogens is 260 g/mol. The fourth-order valence-electron chi connectivity index (χ4n) is 3.13. The number of para-hydroxylation sites is 1. The summed E-state index contributed by atoms with van der Waals surface area (Å²) in [5, 5.41) is 1.45. The smallest absolute Gasteiger partial charge is 0.201 e. The monoisotopic (exact) mass is 276 g/mol. The Balaban J connectivity index is 2.00. The lowest BCUT2D eigenvalue weighted by Gasteiger charge is -2.24. The molecule has 1 aromatic heterocycles. The lowest BCUT2D eigenvalue weighted by atomic mass is 9.79. The van der Waals surface area contributed by atoms with Gasteiger partial charge in [-0.05, 0) is 30.4 Å². The molecular formula is C16H17ClO2. The molecule has 2 aromatic rings. The van der Waals surface area contributed by atoms with Crippen molar-refractivity contribution < 1.29 is 9.21 Å². The molecule has 0 bridgehead atoms. The molecule has 2 nitrogen and oxygen atoms in total. The maximum atomic E-state index is 12.6. The molecule has 0 spiro atoms. The molecule has 1 atom stereocenters. The molecule has 0 N–H and O–H groups in total. The third kappa shape index (κ3) is 2.08. The normalized spacial score (nSPS) is 21.9. The molecule has 0 aliphatic heterocycles. The van der Waals surface area contributed by atoms with Gasteiger partial charge in [0, 0.05) is 11.3 Å². The Labute approximate surface area is 117 Å². The van der Waals surface area contributed by atoms with Gasteiger partial charge in [0.15, 0.2) is 11.3 Å². The van der Waals surface area contributed by atoms with Gasteiger partial charge in [-0.25, -0.2) is 0 Å². The van der Waals surface area contributed by atoms with Crippen LogP contribution in [0, 0.1) is 11.3 Å². The summed E-state index contributed by atoms with van der Waals surface area (Å²) in [6.45, 7) is 4.33. The zero-order chi connectivity index (χ0) is 13.6. The predicted octanol–water partition coefficient (Wildman–Crippen LogP) is 5.10. The number of benzene rings is 1. The third-order valence-corrected chi connectivity index (χ3v) is 4.61. The van der Waals surface area contributed by atoms with E-state index in [0.717, 1.165) is 24.6 Å². The predicted molar refractivity (Wildman–Crippen MR) is 76.7 cm³/mol. The van der Waals surface area contributed by atoms with Crippen LogP contribution in [0.1, 0.15) is 43.7 Å². The summed E-state index contributed by atoms with van der Waals surface area (Å²) < 4.78 is 5.68. The first kappa shape index (κ1) is 12.7. The second-order valence-corrected chi connectivity index (χ2v) is 6.47. The average Bonchev–Trinajstić information content (AvgIpc) is 2.92. The topological polar surface area (TPSA) is 30.2 Å². The van der Waals surface area contributed by atoms with E-state index in [4.69, 9.17) is 16.0 Å². The van der Waals surface area contributed by atoms with Gasteiger partial charge in [0.25, 0.3) is 0 Å². The first-order chi connectivity index (χ1) is 8.99. The fourth-order valence-corrected chi connectivity index (χ4v) is 3.35. The second kappa shape index (κ2) is 4.38. The molecule has 1 fully saturated rings. The van der Waals surface area contributed by atoms with Crippen LogP contribution in [-0.4, -0.2) is 5.78 Å². The van der Waals surface area contributed by atoms with Gasteiger partial charge in [0.05, 0.1) is 5.02 Å². The van der Waals surface area contributed by atoms with Crippen LogP contribution in [0.5, 0.6) is 0 Å². The van der Waals surface area contributed by atoms with Crippen molar-refractivity contribution in [3.05, 3.63) is 35.0 Å². The second-order valence-electron chi connectivity index (χ2n) is 6.07. The van der Waals surface area contributed by atoms with Crippen molar-refractivity contribution in [2.24, 2.45) is 11.3 Å². The molecule has 19 heavy (non-hydrogen) atoms. The maximum absolute atomic E-state index is 12.6. The van der Waals surface area contributed by atoms with Crippen LogP contribution >= 0.6 is 11.6 Å². The van der Waals surface area contributed by atoms with Crippen molar-refractivity contribution in [3.63, 3.8) is 0 Å². The minimum atomic E-state index is 0.0619. The van der Waals surface area contributed by atoms with Gasteiger partial charge >= 0.3 is 0 Å². The molecule has 100 valence electrons. The lowest BCUT2D eigenvalue weighted by molar-refractivity contribution is 0.0812. The molecule has 3 heteroatoms.